The molecule has 1 heterocycles. The molecule has 0 saturated heterocycles. The van der Waals surface area contributed by atoms with Gasteiger partial charge < -0.3 is 5.73 Å². The molecule has 0 aliphatic carbocycles. The molecule has 2 N–H and O–H groups in total. The molecular weight excluding hydrogens is 228 g/mol. The van der Waals surface area contributed by atoms with E-state index in [1.54, 1.807) is 11.3 Å². The second-order valence-electron chi connectivity index (χ2n) is 4.28. The van der Waals surface area contributed by atoms with Crippen molar-refractivity contribution in [3.05, 3.63) is 40.2 Å². The van der Waals surface area contributed by atoms with Crippen LogP contribution < -0.4 is 5.73 Å². The predicted octanol–water partition coefficient (Wildman–Crippen LogP) is 3.78. The van der Waals surface area contributed by atoms with E-state index in [9.17, 15) is 0 Å². The maximum Gasteiger partial charge on any atom is 0.0960 e. The lowest BCUT2D eigenvalue weighted by Gasteiger charge is -2.02. The second kappa shape index (κ2) is 5.43. The summed E-state index contributed by atoms with van der Waals surface area (Å²) in [5.74, 6) is 0.553. The van der Waals surface area contributed by atoms with Crippen LogP contribution in [0.1, 0.15) is 36.8 Å². The normalized spacial score (nSPS) is 12.6. The van der Waals surface area contributed by atoms with E-state index in [-0.39, 0.29) is 0 Å². The second-order valence-corrected chi connectivity index (χ2v) is 5.17. The fourth-order valence-electron chi connectivity index (χ4n) is 1.63. The van der Waals surface area contributed by atoms with Crippen molar-refractivity contribution in [1.82, 2.24) is 4.98 Å². The van der Waals surface area contributed by atoms with Crippen molar-refractivity contribution in [2.24, 2.45) is 5.73 Å². The number of nitrogens with two attached hydrogens (primary N) is 1. The first-order valence-corrected chi connectivity index (χ1v) is 6.87. The van der Waals surface area contributed by atoms with Gasteiger partial charge in [0.25, 0.3) is 0 Å². The third kappa shape index (κ3) is 2.73. The average molecular weight is 246 g/mol. The van der Waals surface area contributed by atoms with E-state index < -0.39 is 0 Å². The topological polar surface area (TPSA) is 38.9 Å². The van der Waals surface area contributed by atoms with Crippen molar-refractivity contribution in [1.29, 1.82) is 0 Å². The van der Waals surface area contributed by atoms with Gasteiger partial charge in [-0.25, -0.2) is 4.98 Å². The molecule has 0 aliphatic heterocycles. The van der Waals surface area contributed by atoms with Crippen molar-refractivity contribution in [3.8, 4) is 11.3 Å². The lowest BCUT2D eigenvalue weighted by molar-refractivity contribution is 0.727. The molecule has 0 radical (unpaired) electrons. The number of hydrogen-bond acceptors (Lipinski definition) is 3. The summed E-state index contributed by atoms with van der Waals surface area (Å²) in [4.78, 5) is 4.69. The van der Waals surface area contributed by atoms with Crippen molar-refractivity contribution in [2.45, 2.75) is 32.7 Å². The third-order valence-corrected chi connectivity index (χ3v) is 4.12. The minimum absolute atomic E-state index is 0.553. The van der Waals surface area contributed by atoms with Crippen LogP contribution in [0, 0.1) is 0 Å². The van der Waals surface area contributed by atoms with Crippen LogP contribution in [0.5, 0.6) is 0 Å². The van der Waals surface area contributed by atoms with E-state index in [1.165, 1.54) is 10.6 Å². The Bertz CT molecular complexity index is 473. The molecule has 0 saturated carbocycles. The Morgan fingerprint density at radius 2 is 2.00 bits per heavy atom. The molecule has 1 atom stereocenters. The minimum atomic E-state index is 0.553. The summed E-state index contributed by atoms with van der Waals surface area (Å²) in [6, 6.07) is 8.32. The fourth-order valence-corrected chi connectivity index (χ4v) is 2.60. The summed E-state index contributed by atoms with van der Waals surface area (Å²) < 4.78 is 0. The molecule has 90 valence electrons. The molecule has 0 aliphatic rings. The number of thiazole rings is 1. The van der Waals surface area contributed by atoms with Crippen LogP contribution in [0.15, 0.2) is 29.6 Å². The lowest BCUT2D eigenvalue weighted by Crippen LogP contribution is -1.95. The van der Waals surface area contributed by atoms with E-state index in [1.807, 2.05) is 0 Å². The summed E-state index contributed by atoms with van der Waals surface area (Å²) in [6.45, 7) is 5.01. The molecule has 17 heavy (non-hydrogen) atoms. The summed E-state index contributed by atoms with van der Waals surface area (Å²) >= 11 is 1.75. The molecular formula is C14H18N2S. The van der Waals surface area contributed by atoms with Crippen LogP contribution in [0.4, 0.5) is 0 Å². The summed E-state index contributed by atoms with van der Waals surface area (Å²) in [7, 11) is 0. The maximum atomic E-state index is 5.59. The SMILES string of the molecule is CCC(C)c1nc(-c2ccc(CN)cc2)cs1. The van der Waals surface area contributed by atoms with Crippen molar-refractivity contribution < 1.29 is 0 Å². The van der Waals surface area contributed by atoms with Gasteiger partial charge in [0.15, 0.2) is 0 Å². The molecule has 2 nitrogen and oxygen atoms in total. The van der Waals surface area contributed by atoms with Gasteiger partial charge in [-0.15, -0.1) is 11.3 Å². The molecule has 0 bridgehead atoms. The highest BCUT2D eigenvalue weighted by molar-refractivity contribution is 7.10. The summed E-state index contributed by atoms with van der Waals surface area (Å²) in [5, 5.41) is 3.37. The molecule has 2 rings (SSSR count). The van der Waals surface area contributed by atoms with Gasteiger partial charge in [-0.05, 0) is 12.0 Å². The Balaban J connectivity index is 2.24. The average Bonchev–Trinajstić information content (AvgIpc) is 2.87. The van der Waals surface area contributed by atoms with Crippen molar-refractivity contribution in [3.63, 3.8) is 0 Å². The van der Waals surface area contributed by atoms with E-state index in [4.69, 9.17) is 10.7 Å². The van der Waals surface area contributed by atoms with Gasteiger partial charge in [-0.2, -0.15) is 0 Å². The molecule has 1 aromatic carbocycles. The Hall–Kier alpha value is -1.19. The summed E-state index contributed by atoms with van der Waals surface area (Å²) in [6.07, 6.45) is 1.14. The van der Waals surface area contributed by atoms with Crippen LogP contribution in [-0.2, 0) is 6.54 Å². The van der Waals surface area contributed by atoms with Gasteiger partial charge >= 0.3 is 0 Å². The van der Waals surface area contributed by atoms with Crippen molar-refractivity contribution in [2.75, 3.05) is 0 Å². The van der Waals surface area contributed by atoms with Gasteiger partial charge in [-0.3, -0.25) is 0 Å². The molecule has 0 amide bonds. The quantitative estimate of drug-likeness (QED) is 0.891. The van der Waals surface area contributed by atoms with Crippen LogP contribution in [0.25, 0.3) is 11.3 Å². The Labute approximate surface area is 107 Å². The Morgan fingerprint density at radius 3 is 2.59 bits per heavy atom. The fraction of sp³-hybridized carbons (Fsp3) is 0.357. The largest absolute Gasteiger partial charge is 0.326 e. The third-order valence-electron chi connectivity index (χ3n) is 3.04. The number of nitrogens with zero attached hydrogens (tertiary/aromatic N) is 1. The summed E-state index contributed by atoms with van der Waals surface area (Å²) in [5.41, 5.74) is 9.00. The van der Waals surface area contributed by atoms with Gasteiger partial charge in [0, 0.05) is 23.4 Å². The number of aromatic nitrogens is 1. The first-order valence-electron chi connectivity index (χ1n) is 5.99. The molecule has 1 aromatic heterocycles. The first-order chi connectivity index (χ1) is 8.24. The maximum absolute atomic E-state index is 5.59. The number of rotatable bonds is 4. The van der Waals surface area contributed by atoms with Gasteiger partial charge in [0.2, 0.25) is 0 Å². The van der Waals surface area contributed by atoms with Crippen molar-refractivity contribution >= 4 is 11.3 Å². The van der Waals surface area contributed by atoms with Crippen LogP contribution in [-0.4, -0.2) is 4.98 Å². The number of hydrogen-bond donors (Lipinski definition) is 1. The Morgan fingerprint density at radius 1 is 1.29 bits per heavy atom. The first kappa shape index (κ1) is 12.3. The van der Waals surface area contributed by atoms with Crippen LogP contribution in [0.2, 0.25) is 0 Å². The zero-order valence-corrected chi connectivity index (χ0v) is 11.1. The van der Waals surface area contributed by atoms with E-state index >= 15 is 0 Å². The molecule has 0 spiro atoms. The minimum Gasteiger partial charge on any atom is -0.326 e. The molecule has 3 heteroatoms. The van der Waals surface area contributed by atoms with Gasteiger partial charge in [0.1, 0.15) is 0 Å². The highest BCUT2D eigenvalue weighted by atomic mass is 32.1. The van der Waals surface area contributed by atoms with E-state index in [2.05, 4.69) is 43.5 Å². The zero-order chi connectivity index (χ0) is 12.3. The van der Waals surface area contributed by atoms with Gasteiger partial charge in [-0.1, -0.05) is 38.1 Å². The van der Waals surface area contributed by atoms with Crippen LogP contribution >= 0.6 is 11.3 Å². The van der Waals surface area contributed by atoms with E-state index in [0.29, 0.717) is 12.5 Å². The van der Waals surface area contributed by atoms with Crippen LogP contribution in [0.3, 0.4) is 0 Å². The van der Waals surface area contributed by atoms with Gasteiger partial charge in [0.05, 0.1) is 10.7 Å². The standard InChI is InChI=1S/C14H18N2S/c1-3-10(2)14-16-13(9-17-14)12-6-4-11(8-15)5-7-12/h4-7,9-10H,3,8,15H2,1-2H3. The highest BCUT2D eigenvalue weighted by Crippen LogP contribution is 2.27. The predicted molar refractivity (Wildman–Crippen MR) is 74.1 cm³/mol. The smallest absolute Gasteiger partial charge is 0.0960 e. The zero-order valence-electron chi connectivity index (χ0n) is 10.3. The molecule has 2 aromatic rings. The highest BCUT2D eigenvalue weighted by Gasteiger charge is 2.09. The number of benzene rings is 1. The monoisotopic (exact) mass is 246 g/mol. The van der Waals surface area contributed by atoms with E-state index in [0.717, 1.165) is 17.7 Å². The molecule has 1 unspecified atom stereocenters. The Kier molecular flexibility index (Phi) is 3.92. The molecule has 0 fully saturated rings. The lowest BCUT2D eigenvalue weighted by atomic mass is 10.1.